The monoisotopic (exact) mass is 351 g/mol. The Balaban J connectivity index is 2.39. The van der Waals surface area contributed by atoms with Crippen LogP contribution < -0.4 is 9.47 Å². The molecule has 1 unspecified atom stereocenters. The van der Waals surface area contributed by atoms with Crippen molar-refractivity contribution in [2.45, 2.75) is 53.4 Å². The van der Waals surface area contributed by atoms with E-state index in [9.17, 15) is 9.59 Å². The van der Waals surface area contributed by atoms with Crippen molar-refractivity contribution < 1.29 is 28.5 Å². The van der Waals surface area contributed by atoms with Crippen LogP contribution in [0.2, 0.25) is 0 Å². The highest BCUT2D eigenvalue weighted by Gasteiger charge is 2.33. The van der Waals surface area contributed by atoms with Crippen molar-refractivity contribution >= 4 is 12.3 Å². The predicted octanol–water partition coefficient (Wildman–Crippen LogP) is 4.23. The lowest BCUT2D eigenvalue weighted by atomic mass is 9.71. The van der Waals surface area contributed by atoms with Gasteiger partial charge in [-0.25, -0.2) is 14.6 Å². The Hall–Kier alpha value is -2.31. The van der Waals surface area contributed by atoms with Gasteiger partial charge in [-0.2, -0.15) is 0 Å². The molecule has 1 atom stereocenters. The number of carbonyl (C=O) groups is 2. The van der Waals surface area contributed by atoms with Gasteiger partial charge in [-0.1, -0.05) is 20.8 Å². The summed E-state index contributed by atoms with van der Waals surface area (Å²) in [4.78, 5) is 27.8. The van der Waals surface area contributed by atoms with Gasteiger partial charge >= 0.3 is 12.3 Å². The number of hydrogen-bond donors (Lipinski definition) is 0. The normalized spacial score (nSPS) is 18.0. The molecular formula is C18H25NO6. The van der Waals surface area contributed by atoms with Crippen LogP contribution in [0.3, 0.4) is 0 Å². The molecular weight excluding hydrogens is 326 g/mol. The Bertz CT molecular complexity index is 655. The van der Waals surface area contributed by atoms with Crippen molar-refractivity contribution in [2.24, 2.45) is 5.41 Å². The van der Waals surface area contributed by atoms with E-state index in [1.54, 1.807) is 19.9 Å². The minimum atomic E-state index is -0.897. The second-order valence-corrected chi connectivity index (χ2v) is 6.84. The molecule has 0 aromatic carbocycles. The zero-order valence-electron chi connectivity index (χ0n) is 15.4. The average Bonchev–Trinajstić information content (AvgIpc) is 2.48. The molecule has 0 N–H and O–H groups in total. The van der Waals surface area contributed by atoms with Crippen molar-refractivity contribution in [3.8, 4) is 11.6 Å². The van der Waals surface area contributed by atoms with Crippen LogP contribution in [0, 0.1) is 5.41 Å². The highest BCUT2D eigenvalue weighted by atomic mass is 16.7. The van der Waals surface area contributed by atoms with Crippen LogP contribution in [0.4, 0.5) is 9.59 Å². The van der Waals surface area contributed by atoms with Gasteiger partial charge in [-0.3, -0.25) is 0 Å². The van der Waals surface area contributed by atoms with Gasteiger partial charge in [0.15, 0.2) is 5.75 Å². The maximum atomic E-state index is 11.7. The number of nitrogens with zero attached hydrogens (tertiary/aromatic N) is 1. The SMILES string of the molecule is CCOC(=O)Oc1cc2c(nc1OC(=O)OCC)CC(C)(C)CC2C. The van der Waals surface area contributed by atoms with Crippen LogP contribution in [0.5, 0.6) is 11.6 Å². The summed E-state index contributed by atoms with van der Waals surface area (Å²) >= 11 is 0. The first kappa shape index (κ1) is 19.0. The Kier molecular flexibility index (Phi) is 5.87. The van der Waals surface area contributed by atoms with Gasteiger partial charge in [0, 0.05) is 5.69 Å². The third kappa shape index (κ3) is 4.84. The molecule has 1 aliphatic rings. The summed E-state index contributed by atoms with van der Waals surface area (Å²) < 4.78 is 19.9. The summed E-state index contributed by atoms with van der Waals surface area (Å²) in [6.07, 6.45) is -0.0435. The van der Waals surface area contributed by atoms with E-state index in [4.69, 9.17) is 18.9 Å². The van der Waals surface area contributed by atoms with Gasteiger partial charge in [0.1, 0.15) is 0 Å². The maximum Gasteiger partial charge on any atom is 0.515 e. The number of ether oxygens (including phenoxy) is 4. The van der Waals surface area contributed by atoms with Crippen LogP contribution in [0.15, 0.2) is 6.07 Å². The molecule has 2 rings (SSSR count). The summed E-state index contributed by atoms with van der Waals surface area (Å²) in [6.45, 7) is 10.1. The van der Waals surface area contributed by atoms with E-state index < -0.39 is 12.3 Å². The first-order chi connectivity index (χ1) is 11.8. The second-order valence-electron chi connectivity index (χ2n) is 6.84. The van der Waals surface area contributed by atoms with Gasteiger partial charge < -0.3 is 18.9 Å². The number of rotatable bonds is 4. The van der Waals surface area contributed by atoms with E-state index in [2.05, 4.69) is 25.8 Å². The lowest BCUT2D eigenvalue weighted by molar-refractivity contribution is 0.0921. The fourth-order valence-corrected chi connectivity index (χ4v) is 3.17. The zero-order valence-corrected chi connectivity index (χ0v) is 15.4. The summed E-state index contributed by atoms with van der Waals surface area (Å²) in [5.74, 6) is 0.208. The first-order valence-corrected chi connectivity index (χ1v) is 8.48. The van der Waals surface area contributed by atoms with Crippen LogP contribution >= 0.6 is 0 Å². The number of aromatic nitrogens is 1. The summed E-state index contributed by atoms with van der Waals surface area (Å²) in [5, 5.41) is 0. The molecule has 0 fully saturated rings. The van der Waals surface area contributed by atoms with E-state index in [1.807, 2.05) is 0 Å². The Labute approximate surface area is 147 Å². The van der Waals surface area contributed by atoms with Crippen molar-refractivity contribution in [2.75, 3.05) is 13.2 Å². The van der Waals surface area contributed by atoms with Crippen molar-refractivity contribution in [1.29, 1.82) is 0 Å². The average molecular weight is 351 g/mol. The summed E-state index contributed by atoms with van der Waals surface area (Å²) in [7, 11) is 0. The fourth-order valence-electron chi connectivity index (χ4n) is 3.17. The molecule has 1 heterocycles. The lowest BCUT2D eigenvalue weighted by Crippen LogP contribution is -2.26. The van der Waals surface area contributed by atoms with Crippen molar-refractivity contribution in [3.05, 3.63) is 17.3 Å². The minimum Gasteiger partial charge on any atom is -0.434 e. The molecule has 7 nitrogen and oxygen atoms in total. The van der Waals surface area contributed by atoms with Gasteiger partial charge in [0.2, 0.25) is 0 Å². The number of carbonyl (C=O) groups excluding carboxylic acids is 2. The Morgan fingerprint density at radius 3 is 2.36 bits per heavy atom. The summed E-state index contributed by atoms with van der Waals surface area (Å²) in [5.41, 5.74) is 1.90. The lowest BCUT2D eigenvalue weighted by Gasteiger charge is -2.35. The zero-order chi connectivity index (χ0) is 18.6. The number of hydrogen-bond acceptors (Lipinski definition) is 7. The van der Waals surface area contributed by atoms with E-state index in [1.165, 1.54) is 0 Å². The highest BCUT2D eigenvalue weighted by Crippen LogP contribution is 2.44. The van der Waals surface area contributed by atoms with Crippen LogP contribution in [-0.2, 0) is 15.9 Å². The van der Waals surface area contributed by atoms with Crippen molar-refractivity contribution in [1.82, 2.24) is 4.98 Å². The topological polar surface area (TPSA) is 84.0 Å². The molecule has 7 heteroatoms. The Morgan fingerprint density at radius 1 is 1.16 bits per heavy atom. The predicted molar refractivity (Wildman–Crippen MR) is 90.1 cm³/mol. The standard InChI is InChI=1S/C18H25NO6/c1-6-22-16(20)24-14-8-12-11(3)9-18(4,5)10-13(12)19-15(14)25-17(21)23-7-2/h8,11H,6-7,9-10H2,1-5H3. The molecule has 0 radical (unpaired) electrons. The third-order valence-electron chi connectivity index (χ3n) is 4.00. The van der Waals surface area contributed by atoms with E-state index >= 15 is 0 Å². The molecule has 1 aromatic rings. The quantitative estimate of drug-likeness (QED) is 0.751. The molecule has 1 aliphatic carbocycles. The molecule has 0 amide bonds. The van der Waals surface area contributed by atoms with Crippen LogP contribution in [0.1, 0.15) is 58.2 Å². The molecule has 1 aromatic heterocycles. The van der Waals surface area contributed by atoms with Gasteiger partial charge in [0.25, 0.3) is 5.88 Å². The molecule has 0 bridgehead atoms. The fraction of sp³-hybridized carbons (Fsp3) is 0.611. The third-order valence-corrected chi connectivity index (χ3v) is 4.00. The molecule has 0 saturated heterocycles. The van der Waals surface area contributed by atoms with E-state index in [0.717, 1.165) is 24.1 Å². The van der Waals surface area contributed by atoms with Crippen LogP contribution in [-0.4, -0.2) is 30.5 Å². The van der Waals surface area contributed by atoms with Gasteiger partial charge in [-0.15, -0.1) is 0 Å². The smallest absolute Gasteiger partial charge is 0.434 e. The Morgan fingerprint density at radius 2 is 1.76 bits per heavy atom. The largest absolute Gasteiger partial charge is 0.515 e. The molecule has 0 spiro atoms. The summed E-state index contributed by atoms with van der Waals surface area (Å²) in [6, 6.07) is 1.70. The molecule has 0 saturated carbocycles. The molecule has 0 aliphatic heterocycles. The minimum absolute atomic E-state index is 0.0526. The highest BCUT2D eigenvalue weighted by molar-refractivity contribution is 5.68. The first-order valence-electron chi connectivity index (χ1n) is 8.48. The number of fused-ring (bicyclic) bond motifs is 1. The second kappa shape index (κ2) is 7.72. The van der Waals surface area contributed by atoms with E-state index in [-0.39, 0.29) is 36.2 Å². The number of pyridine rings is 1. The van der Waals surface area contributed by atoms with Crippen molar-refractivity contribution in [3.63, 3.8) is 0 Å². The van der Waals surface area contributed by atoms with Gasteiger partial charge in [0.05, 0.1) is 13.2 Å². The van der Waals surface area contributed by atoms with E-state index in [0.29, 0.717) is 0 Å². The van der Waals surface area contributed by atoms with Crippen LogP contribution in [0.25, 0.3) is 0 Å². The molecule has 138 valence electrons. The van der Waals surface area contributed by atoms with Gasteiger partial charge in [-0.05, 0) is 49.7 Å². The maximum absolute atomic E-state index is 11.7. The molecule has 25 heavy (non-hydrogen) atoms.